The summed E-state index contributed by atoms with van der Waals surface area (Å²) in [5.41, 5.74) is 3.33. The Morgan fingerprint density at radius 3 is 2.31 bits per heavy atom. The average molecular weight is 495 g/mol. The quantitative estimate of drug-likeness (QED) is 0.134. The van der Waals surface area contributed by atoms with Crippen molar-refractivity contribution < 1.29 is 34.4 Å². The molecule has 2 aromatic rings. The molecule has 0 amide bonds. The van der Waals surface area contributed by atoms with Gasteiger partial charge in [-0.2, -0.15) is 0 Å². The van der Waals surface area contributed by atoms with Crippen LogP contribution in [0.25, 0.3) is 0 Å². The van der Waals surface area contributed by atoms with Gasteiger partial charge in [0.2, 0.25) is 0 Å². The second-order valence-electron chi connectivity index (χ2n) is 9.48. The molecule has 2 aromatic carbocycles. The summed E-state index contributed by atoms with van der Waals surface area (Å²) in [6.07, 6.45) is 7.45. The average Bonchev–Trinajstić information content (AvgIpc) is 2.78. The number of phenols is 3. The summed E-state index contributed by atoms with van der Waals surface area (Å²) in [5.74, 6) is -3.62. The second-order valence-corrected chi connectivity index (χ2v) is 9.48. The van der Waals surface area contributed by atoms with Crippen LogP contribution in [0.3, 0.4) is 0 Å². The lowest BCUT2D eigenvalue weighted by atomic mass is 9.73. The van der Waals surface area contributed by atoms with Crippen LogP contribution >= 0.6 is 0 Å². The molecule has 1 aliphatic rings. The molecule has 7 heteroatoms. The Kier molecular flexibility index (Phi) is 8.80. The molecule has 36 heavy (non-hydrogen) atoms. The Morgan fingerprint density at radius 2 is 1.67 bits per heavy atom. The van der Waals surface area contributed by atoms with Gasteiger partial charge < -0.3 is 24.8 Å². The van der Waals surface area contributed by atoms with Crippen molar-refractivity contribution in [3.8, 4) is 28.7 Å². The first kappa shape index (κ1) is 26.9. The van der Waals surface area contributed by atoms with Crippen LogP contribution in [-0.2, 0) is 16.0 Å². The van der Waals surface area contributed by atoms with Crippen molar-refractivity contribution in [3.05, 3.63) is 65.3 Å². The van der Waals surface area contributed by atoms with Crippen molar-refractivity contribution in [2.75, 3.05) is 0 Å². The fraction of sp³-hybridized carbons (Fsp3) is 0.379. The molecule has 0 heterocycles. The molecule has 0 spiro atoms. The van der Waals surface area contributed by atoms with Gasteiger partial charge in [0.25, 0.3) is 0 Å². The van der Waals surface area contributed by atoms with Crippen LogP contribution in [0.4, 0.5) is 0 Å². The zero-order valence-electron chi connectivity index (χ0n) is 21.0. The van der Waals surface area contributed by atoms with Crippen molar-refractivity contribution in [2.24, 2.45) is 5.92 Å². The summed E-state index contributed by atoms with van der Waals surface area (Å²) < 4.78 is 10.5. The number of benzene rings is 2. The van der Waals surface area contributed by atoms with Crippen molar-refractivity contribution in [1.29, 1.82) is 0 Å². The molecular formula is C29H34O7. The van der Waals surface area contributed by atoms with E-state index in [-0.39, 0.29) is 40.6 Å². The van der Waals surface area contributed by atoms with E-state index in [1.54, 1.807) is 12.1 Å². The monoisotopic (exact) mass is 494 g/mol. The summed E-state index contributed by atoms with van der Waals surface area (Å²) in [5, 5.41) is 30.3. The maximum Gasteiger partial charge on any atom is 0.423 e. The Bertz CT molecular complexity index is 1160. The van der Waals surface area contributed by atoms with Gasteiger partial charge in [0, 0.05) is 29.7 Å². The number of phenolic OH excluding ortho intramolecular Hbond substituents is 3. The summed E-state index contributed by atoms with van der Waals surface area (Å²) in [6.45, 7) is 10.2. The Balaban J connectivity index is 1.96. The van der Waals surface area contributed by atoms with E-state index < -0.39 is 11.9 Å². The maximum absolute atomic E-state index is 12.7. The van der Waals surface area contributed by atoms with E-state index in [9.17, 15) is 24.9 Å². The number of hydrogen-bond donors (Lipinski definition) is 3. The highest BCUT2D eigenvalue weighted by molar-refractivity contribution is 6.31. The molecule has 0 saturated carbocycles. The topological polar surface area (TPSA) is 113 Å². The number of allylic oxidation sites excluding steroid dienone is 3. The normalized spacial score (nSPS) is 17.2. The van der Waals surface area contributed by atoms with E-state index in [0.29, 0.717) is 12.0 Å². The predicted octanol–water partition coefficient (Wildman–Crippen LogP) is 6.06. The summed E-state index contributed by atoms with van der Waals surface area (Å²) >= 11 is 0. The van der Waals surface area contributed by atoms with Crippen molar-refractivity contribution >= 4 is 11.9 Å². The number of ether oxygens (including phenoxy) is 2. The highest BCUT2D eigenvalue weighted by atomic mass is 16.6. The van der Waals surface area contributed by atoms with Crippen LogP contribution < -0.4 is 9.47 Å². The summed E-state index contributed by atoms with van der Waals surface area (Å²) in [4.78, 5) is 25.2. The second kappa shape index (κ2) is 11.8. The number of hydrogen-bond acceptors (Lipinski definition) is 7. The smallest absolute Gasteiger partial charge is 0.423 e. The number of aromatic hydroxyl groups is 3. The molecule has 192 valence electrons. The number of aryl methyl sites for hydroxylation is 1. The molecule has 2 atom stereocenters. The molecule has 0 aliphatic heterocycles. The lowest BCUT2D eigenvalue weighted by Gasteiger charge is -2.32. The highest BCUT2D eigenvalue weighted by Gasteiger charge is 2.32. The molecule has 0 radical (unpaired) electrons. The number of carbonyl (C=O) groups excluding carboxylic acids is 2. The molecule has 0 aromatic heterocycles. The minimum Gasteiger partial charge on any atom is -0.508 e. The van der Waals surface area contributed by atoms with Crippen molar-refractivity contribution in [3.63, 3.8) is 0 Å². The standard InChI is InChI=1S/C29H34O7/c1-5-6-7-8-19-12-25(32)27(24-11-18(4)9-10-23(24)17(2)3)26(13-19)36-29(34)28(33)35-22-15-20(30)14-21(31)16-22/h11-16,23-24,30-32H,2,5-10H2,1,3-4H3/t23-,24+/m0/s1. The van der Waals surface area contributed by atoms with Crippen LogP contribution in [0.1, 0.15) is 69.9 Å². The first-order chi connectivity index (χ1) is 17.1. The third-order valence-electron chi connectivity index (χ3n) is 6.42. The van der Waals surface area contributed by atoms with E-state index in [4.69, 9.17) is 9.47 Å². The molecule has 7 nitrogen and oxygen atoms in total. The molecular weight excluding hydrogens is 460 g/mol. The van der Waals surface area contributed by atoms with Crippen molar-refractivity contribution in [2.45, 2.75) is 65.2 Å². The van der Waals surface area contributed by atoms with Crippen LogP contribution in [0, 0.1) is 5.92 Å². The minimum absolute atomic E-state index is 0.000250. The fourth-order valence-corrected chi connectivity index (χ4v) is 4.63. The fourth-order valence-electron chi connectivity index (χ4n) is 4.63. The predicted molar refractivity (Wildman–Crippen MR) is 136 cm³/mol. The molecule has 3 rings (SSSR count). The number of unbranched alkanes of at least 4 members (excludes halogenated alkanes) is 2. The van der Waals surface area contributed by atoms with E-state index in [1.807, 2.05) is 13.8 Å². The van der Waals surface area contributed by atoms with Gasteiger partial charge in [0.1, 0.15) is 28.7 Å². The van der Waals surface area contributed by atoms with Crippen LogP contribution in [-0.4, -0.2) is 27.3 Å². The summed E-state index contributed by atoms with van der Waals surface area (Å²) in [7, 11) is 0. The van der Waals surface area contributed by atoms with Gasteiger partial charge >= 0.3 is 11.9 Å². The van der Waals surface area contributed by atoms with E-state index in [2.05, 4.69) is 19.6 Å². The third kappa shape index (κ3) is 6.68. The Hall–Kier alpha value is -3.74. The van der Waals surface area contributed by atoms with Gasteiger partial charge in [0.05, 0.1) is 0 Å². The largest absolute Gasteiger partial charge is 0.508 e. The maximum atomic E-state index is 12.7. The zero-order valence-corrected chi connectivity index (χ0v) is 21.0. The van der Waals surface area contributed by atoms with Gasteiger partial charge in [-0.3, -0.25) is 0 Å². The first-order valence-electron chi connectivity index (χ1n) is 12.2. The number of esters is 2. The van der Waals surface area contributed by atoms with Crippen LogP contribution in [0.5, 0.6) is 28.7 Å². The van der Waals surface area contributed by atoms with Crippen molar-refractivity contribution in [1.82, 2.24) is 0 Å². The van der Waals surface area contributed by atoms with E-state index in [1.165, 1.54) is 0 Å². The lowest BCUT2D eigenvalue weighted by molar-refractivity contribution is -0.156. The van der Waals surface area contributed by atoms with Gasteiger partial charge in [-0.25, -0.2) is 9.59 Å². The van der Waals surface area contributed by atoms with Gasteiger partial charge in [-0.15, -0.1) is 0 Å². The molecule has 0 unspecified atom stereocenters. The van der Waals surface area contributed by atoms with Gasteiger partial charge in [0.15, 0.2) is 0 Å². The Morgan fingerprint density at radius 1 is 1.00 bits per heavy atom. The third-order valence-corrected chi connectivity index (χ3v) is 6.42. The molecule has 1 aliphatic carbocycles. The SMILES string of the molecule is C=C(C)[C@@H]1CCC(C)=C[C@H]1c1c(O)cc(CCCCC)cc1OC(=O)C(=O)Oc1cc(O)cc(O)c1. The van der Waals surface area contributed by atoms with E-state index >= 15 is 0 Å². The number of carbonyl (C=O) groups is 2. The van der Waals surface area contributed by atoms with Crippen LogP contribution in [0.2, 0.25) is 0 Å². The van der Waals surface area contributed by atoms with Gasteiger partial charge in [-0.05, 0) is 63.1 Å². The Labute approximate surface area is 211 Å². The molecule has 0 bridgehead atoms. The van der Waals surface area contributed by atoms with Gasteiger partial charge in [-0.1, -0.05) is 43.6 Å². The zero-order chi connectivity index (χ0) is 26.4. The highest BCUT2D eigenvalue weighted by Crippen LogP contribution is 2.47. The first-order valence-corrected chi connectivity index (χ1v) is 12.2. The van der Waals surface area contributed by atoms with E-state index in [0.717, 1.165) is 67.0 Å². The lowest BCUT2D eigenvalue weighted by Crippen LogP contribution is -2.26. The molecule has 3 N–H and O–H groups in total. The number of rotatable bonds is 8. The minimum atomic E-state index is -1.33. The van der Waals surface area contributed by atoms with Crippen LogP contribution in [0.15, 0.2) is 54.1 Å². The summed E-state index contributed by atoms with van der Waals surface area (Å²) in [6, 6.07) is 6.63. The molecule has 0 fully saturated rings. The molecule has 0 saturated heterocycles.